The molecule has 0 aromatic carbocycles. The van der Waals surface area contributed by atoms with Crippen molar-refractivity contribution in [3.8, 4) is 0 Å². The number of aromatic nitrogens is 1. The normalized spacial score (nSPS) is 12.5. The number of thiazole rings is 1. The van der Waals surface area contributed by atoms with Crippen molar-refractivity contribution in [3.05, 3.63) is 16.1 Å². The van der Waals surface area contributed by atoms with E-state index >= 15 is 0 Å². The maximum atomic E-state index is 12.5. The zero-order chi connectivity index (χ0) is 16.4. The van der Waals surface area contributed by atoms with Crippen LogP contribution in [-0.4, -0.2) is 42.6 Å². The first-order valence-corrected chi connectivity index (χ1v) is 9.27. The van der Waals surface area contributed by atoms with Gasteiger partial charge in [0.25, 0.3) is 0 Å². The van der Waals surface area contributed by atoms with Crippen molar-refractivity contribution in [2.45, 2.75) is 25.9 Å². The summed E-state index contributed by atoms with van der Waals surface area (Å²) in [5, 5.41) is 7.74. The van der Waals surface area contributed by atoms with Gasteiger partial charge in [-0.2, -0.15) is 24.9 Å². The van der Waals surface area contributed by atoms with E-state index in [-0.39, 0.29) is 0 Å². The van der Waals surface area contributed by atoms with Gasteiger partial charge >= 0.3 is 6.18 Å². The van der Waals surface area contributed by atoms with Gasteiger partial charge in [0, 0.05) is 31.4 Å². The van der Waals surface area contributed by atoms with Gasteiger partial charge < -0.3 is 10.6 Å². The first-order chi connectivity index (χ1) is 10.5. The molecule has 1 aromatic heterocycles. The van der Waals surface area contributed by atoms with Crippen LogP contribution in [0.2, 0.25) is 0 Å². The minimum atomic E-state index is -4.37. The van der Waals surface area contributed by atoms with Gasteiger partial charge in [-0.3, -0.25) is 4.99 Å². The van der Waals surface area contributed by atoms with Crippen molar-refractivity contribution >= 4 is 29.1 Å². The van der Waals surface area contributed by atoms with E-state index in [2.05, 4.69) is 26.9 Å². The van der Waals surface area contributed by atoms with Crippen molar-refractivity contribution in [1.29, 1.82) is 0 Å². The third kappa shape index (κ3) is 7.35. The van der Waals surface area contributed by atoms with E-state index in [1.807, 2.05) is 6.92 Å². The number of nitrogens with zero attached hydrogens (tertiary/aromatic N) is 2. The molecule has 0 spiro atoms. The van der Waals surface area contributed by atoms with Gasteiger partial charge in [0.1, 0.15) is 0 Å². The van der Waals surface area contributed by atoms with Crippen LogP contribution in [0.25, 0.3) is 0 Å². The molecule has 0 bridgehead atoms. The fourth-order valence-corrected chi connectivity index (χ4v) is 2.81. The average Bonchev–Trinajstić information content (AvgIpc) is 2.92. The molecule has 9 heteroatoms. The Hall–Kier alpha value is -0.960. The molecule has 4 nitrogen and oxygen atoms in total. The van der Waals surface area contributed by atoms with E-state index < -0.39 is 11.9 Å². The second-order valence-corrected chi connectivity index (χ2v) is 6.34. The van der Waals surface area contributed by atoms with Crippen molar-refractivity contribution in [2.75, 3.05) is 31.6 Å². The molecule has 0 saturated heterocycles. The summed E-state index contributed by atoms with van der Waals surface area (Å²) < 4.78 is 37.4. The van der Waals surface area contributed by atoms with Crippen LogP contribution >= 0.6 is 23.1 Å². The molecule has 1 heterocycles. The molecule has 0 fully saturated rings. The van der Waals surface area contributed by atoms with Crippen LogP contribution < -0.4 is 10.6 Å². The number of alkyl halides is 3. The molecule has 0 atom stereocenters. The van der Waals surface area contributed by atoms with Gasteiger partial charge in [-0.25, -0.2) is 4.98 Å². The fraction of sp³-hybridized carbons (Fsp3) is 0.692. The lowest BCUT2D eigenvalue weighted by atomic mass is 10.4. The van der Waals surface area contributed by atoms with Crippen molar-refractivity contribution in [3.63, 3.8) is 0 Å². The summed E-state index contributed by atoms with van der Waals surface area (Å²) in [6.07, 6.45) is -0.874. The number of guanidine groups is 1. The molecule has 0 radical (unpaired) electrons. The van der Waals surface area contributed by atoms with Crippen LogP contribution in [0.5, 0.6) is 0 Å². The Bertz CT molecular complexity index is 460. The van der Waals surface area contributed by atoms with E-state index in [0.29, 0.717) is 23.9 Å². The highest BCUT2D eigenvalue weighted by molar-refractivity contribution is 7.98. The molecule has 2 N–H and O–H groups in total. The third-order valence-electron chi connectivity index (χ3n) is 2.59. The van der Waals surface area contributed by atoms with Crippen LogP contribution in [0.3, 0.4) is 0 Å². The molecule has 0 aliphatic heterocycles. The lowest BCUT2D eigenvalue weighted by Gasteiger charge is -2.10. The Morgan fingerprint density at radius 3 is 2.77 bits per heavy atom. The summed E-state index contributed by atoms with van der Waals surface area (Å²) in [5.41, 5.74) is -0.815. The molecule has 126 valence electrons. The third-order valence-corrected chi connectivity index (χ3v) is 4.20. The molecule has 0 amide bonds. The lowest BCUT2D eigenvalue weighted by molar-refractivity contribution is -0.140. The lowest BCUT2D eigenvalue weighted by Crippen LogP contribution is -2.38. The van der Waals surface area contributed by atoms with Gasteiger partial charge in [0.05, 0.1) is 5.01 Å². The van der Waals surface area contributed by atoms with E-state index in [1.165, 1.54) is 0 Å². The number of hydrogen-bond donors (Lipinski definition) is 2. The molecule has 0 unspecified atom stereocenters. The highest BCUT2D eigenvalue weighted by Gasteiger charge is 2.33. The average molecular weight is 354 g/mol. The van der Waals surface area contributed by atoms with Gasteiger partial charge in [0.2, 0.25) is 0 Å². The molecule has 0 aliphatic rings. The van der Waals surface area contributed by atoms with Crippen LogP contribution in [0, 0.1) is 0 Å². The minimum Gasteiger partial charge on any atom is -0.357 e. The molecule has 22 heavy (non-hydrogen) atoms. The van der Waals surface area contributed by atoms with Crippen LogP contribution in [-0.2, 0) is 12.6 Å². The molecule has 1 rings (SSSR count). The van der Waals surface area contributed by atoms with Gasteiger partial charge in [-0.15, -0.1) is 11.3 Å². The van der Waals surface area contributed by atoms with Crippen molar-refractivity contribution in [2.24, 2.45) is 4.99 Å². The number of rotatable bonds is 8. The largest absolute Gasteiger partial charge is 0.434 e. The maximum Gasteiger partial charge on any atom is 0.434 e. The zero-order valence-corrected chi connectivity index (χ0v) is 14.3. The number of thioether (sulfide) groups is 1. The number of nitrogens with one attached hydrogen (secondary N) is 2. The Kier molecular flexibility index (Phi) is 8.62. The summed E-state index contributed by atoms with van der Waals surface area (Å²) in [7, 11) is 0. The standard InChI is InChI=1S/C13H21F3N4S2/c1-3-17-12(18-6-4-8-21-2)19-7-5-11-20-10(9-22-11)13(14,15)16/h9H,3-8H2,1-2H3,(H2,17,18,19). The Morgan fingerprint density at radius 2 is 2.18 bits per heavy atom. The van der Waals surface area contributed by atoms with E-state index in [1.54, 1.807) is 11.8 Å². The topological polar surface area (TPSA) is 49.3 Å². The van der Waals surface area contributed by atoms with Crippen LogP contribution in [0.1, 0.15) is 24.0 Å². The Balaban J connectivity index is 2.40. The van der Waals surface area contributed by atoms with Gasteiger partial charge in [-0.05, 0) is 25.4 Å². The second kappa shape index (κ2) is 9.94. The van der Waals surface area contributed by atoms with Crippen LogP contribution in [0.15, 0.2) is 10.4 Å². The second-order valence-electron chi connectivity index (χ2n) is 4.41. The van der Waals surface area contributed by atoms with E-state index in [9.17, 15) is 13.2 Å². The maximum absolute atomic E-state index is 12.5. The molecular formula is C13H21F3N4S2. The van der Waals surface area contributed by atoms with E-state index in [0.717, 1.165) is 42.0 Å². The van der Waals surface area contributed by atoms with Crippen molar-refractivity contribution in [1.82, 2.24) is 15.6 Å². The molecule has 0 saturated carbocycles. The minimum absolute atomic E-state index is 0.440. The summed E-state index contributed by atoms with van der Waals surface area (Å²) in [6.45, 7) is 3.93. The first kappa shape index (κ1) is 19.1. The predicted octanol–water partition coefficient (Wildman–Crippen LogP) is 3.01. The summed E-state index contributed by atoms with van der Waals surface area (Å²) in [4.78, 5) is 8.01. The number of halogens is 3. The van der Waals surface area contributed by atoms with Crippen LogP contribution in [0.4, 0.5) is 13.2 Å². The summed E-state index contributed by atoms with van der Waals surface area (Å²) >= 11 is 2.81. The molecule has 1 aromatic rings. The number of aliphatic imine (C=N–C) groups is 1. The highest BCUT2D eigenvalue weighted by atomic mass is 32.2. The van der Waals surface area contributed by atoms with Gasteiger partial charge in [-0.1, -0.05) is 0 Å². The zero-order valence-electron chi connectivity index (χ0n) is 12.7. The Morgan fingerprint density at radius 1 is 1.41 bits per heavy atom. The summed E-state index contributed by atoms with van der Waals surface area (Å²) in [6, 6.07) is 0. The predicted molar refractivity (Wildman–Crippen MR) is 87.8 cm³/mol. The Labute approximate surface area is 137 Å². The monoisotopic (exact) mass is 354 g/mol. The SMILES string of the molecule is CCNC(=NCCCSC)NCCc1nc(C(F)(F)F)cs1. The number of hydrogen-bond acceptors (Lipinski definition) is 4. The highest BCUT2D eigenvalue weighted by Crippen LogP contribution is 2.29. The van der Waals surface area contributed by atoms with Crippen molar-refractivity contribution < 1.29 is 13.2 Å². The quantitative estimate of drug-likeness (QED) is 0.428. The van der Waals surface area contributed by atoms with E-state index in [4.69, 9.17) is 0 Å². The van der Waals surface area contributed by atoms with Gasteiger partial charge in [0.15, 0.2) is 11.7 Å². The summed E-state index contributed by atoms with van der Waals surface area (Å²) in [5.74, 6) is 1.75. The molecular weight excluding hydrogens is 333 g/mol. The smallest absolute Gasteiger partial charge is 0.357 e. The molecule has 0 aliphatic carbocycles. The first-order valence-electron chi connectivity index (χ1n) is 7.00. The fourth-order valence-electron chi connectivity index (χ4n) is 1.59.